The third kappa shape index (κ3) is 2.74. The van der Waals surface area contributed by atoms with Gasteiger partial charge in [0.05, 0.1) is 16.7 Å². The number of hydrogen-bond donors (Lipinski definition) is 1. The first-order chi connectivity index (χ1) is 8.98. The van der Waals surface area contributed by atoms with Gasteiger partial charge >= 0.3 is 0 Å². The van der Waals surface area contributed by atoms with Crippen molar-refractivity contribution in [1.29, 1.82) is 5.26 Å². The number of nitrogens with zero attached hydrogens (tertiary/aromatic N) is 2. The smallest absolute Gasteiger partial charge is 0.244 e. The average Bonchev–Trinajstić information content (AvgIpc) is 2.87. The Morgan fingerprint density at radius 1 is 1.53 bits per heavy atom. The summed E-state index contributed by atoms with van der Waals surface area (Å²) < 4.78 is 26.3. The lowest BCUT2D eigenvalue weighted by molar-refractivity contribution is 0.464. The molecule has 0 aliphatic carbocycles. The largest absolute Gasteiger partial charge is 0.316 e. The van der Waals surface area contributed by atoms with Crippen LogP contribution in [0.2, 0.25) is 5.02 Å². The highest BCUT2D eigenvalue weighted by Crippen LogP contribution is 2.27. The maximum absolute atomic E-state index is 12.4. The Balaban J connectivity index is 2.33. The van der Waals surface area contributed by atoms with Crippen molar-refractivity contribution in [3.63, 3.8) is 0 Å². The molecule has 1 unspecified atom stereocenters. The fourth-order valence-electron chi connectivity index (χ4n) is 2.10. The van der Waals surface area contributed by atoms with E-state index in [-0.39, 0.29) is 16.0 Å². The predicted molar refractivity (Wildman–Crippen MR) is 72.4 cm³/mol. The van der Waals surface area contributed by atoms with Crippen LogP contribution >= 0.6 is 11.6 Å². The number of sulfonamides is 1. The van der Waals surface area contributed by atoms with Gasteiger partial charge in [-0.15, -0.1) is 0 Å². The van der Waals surface area contributed by atoms with Crippen LogP contribution in [-0.4, -0.2) is 38.9 Å². The molecule has 1 aliphatic rings. The van der Waals surface area contributed by atoms with Crippen LogP contribution in [0.1, 0.15) is 12.0 Å². The van der Waals surface area contributed by atoms with Gasteiger partial charge in [-0.25, -0.2) is 8.42 Å². The first kappa shape index (κ1) is 14.3. The van der Waals surface area contributed by atoms with Crippen LogP contribution < -0.4 is 5.32 Å². The molecule has 0 radical (unpaired) electrons. The highest BCUT2D eigenvalue weighted by molar-refractivity contribution is 7.89. The summed E-state index contributed by atoms with van der Waals surface area (Å²) in [5.41, 5.74) is 0.346. The maximum Gasteiger partial charge on any atom is 0.244 e. The van der Waals surface area contributed by atoms with E-state index in [0.29, 0.717) is 18.7 Å². The summed E-state index contributed by atoms with van der Waals surface area (Å²) in [6.45, 7) is 0.916. The number of likely N-dealkylation sites (N-methyl/N-ethyl adjacent to an activating group) is 1. The summed E-state index contributed by atoms with van der Waals surface area (Å²) in [6.07, 6.45) is 0.781. The SMILES string of the molecule is CNC1CCN(S(=O)(=O)c2ccc(C#N)cc2Cl)C1. The monoisotopic (exact) mass is 299 g/mol. The van der Waals surface area contributed by atoms with Crippen molar-refractivity contribution in [2.75, 3.05) is 20.1 Å². The topological polar surface area (TPSA) is 73.2 Å². The van der Waals surface area contributed by atoms with Crippen molar-refractivity contribution in [2.45, 2.75) is 17.4 Å². The third-order valence-electron chi connectivity index (χ3n) is 3.24. The molecular formula is C12H14ClN3O2S. The van der Waals surface area contributed by atoms with Crippen LogP contribution in [0.15, 0.2) is 23.1 Å². The second kappa shape index (κ2) is 5.47. The van der Waals surface area contributed by atoms with E-state index in [1.807, 2.05) is 13.1 Å². The molecule has 7 heteroatoms. The maximum atomic E-state index is 12.4. The Bertz CT molecular complexity index is 624. The fourth-order valence-corrected chi connectivity index (χ4v) is 4.12. The van der Waals surface area contributed by atoms with Crippen molar-refractivity contribution in [3.8, 4) is 6.07 Å². The molecule has 5 nitrogen and oxygen atoms in total. The standard InChI is InChI=1S/C12H14ClN3O2S/c1-15-10-4-5-16(8-10)19(17,18)12-3-2-9(7-14)6-11(12)13/h2-3,6,10,15H,4-5,8H2,1H3. The van der Waals surface area contributed by atoms with Gasteiger partial charge in [-0.1, -0.05) is 11.6 Å². The second-order valence-electron chi connectivity index (χ2n) is 4.39. The quantitative estimate of drug-likeness (QED) is 0.910. The molecule has 1 saturated heterocycles. The minimum Gasteiger partial charge on any atom is -0.316 e. The van der Waals surface area contributed by atoms with Crippen molar-refractivity contribution in [3.05, 3.63) is 28.8 Å². The minimum atomic E-state index is -3.59. The minimum absolute atomic E-state index is 0.0601. The molecule has 102 valence electrons. The van der Waals surface area contributed by atoms with Crippen LogP contribution in [0.25, 0.3) is 0 Å². The molecule has 1 N–H and O–H groups in total. The van der Waals surface area contributed by atoms with Crippen molar-refractivity contribution >= 4 is 21.6 Å². The van der Waals surface area contributed by atoms with Crippen molar-refractivity contribution < 1.29 is 8.42 Å². The number of hydrogen-bond acceptors (Lipinski definition) is 4. The number of halogens is 1. The first-order valence-electron chi connectivity index (χ1n) is 5.86. The van der Waals surface area contributed by atoms with Gasteiger partial charge in [0.15, 0.2) is 0 Å². The molecule has 19 heavy (non-hydrogen) atoms. The Kier molecular flexibility index (Phi) is 4.11. The van der Waals surface area contributed by atoms with E-state index in [4.69, 9.17) is 16.9 Å². The zero-order chi connectivity index (χ0) is 14.0. The molecule has 1 aromatic rings. The van der Waals surface area contributed by atoms with Gasteiger partial charge < -0.3 is 5.32 Å². The molecule has 0 aromatic heterocycles. The van der Waals surface area contributed by atoms with Gasteiger partial charge in [-0.05, 0) is 31.7 Å². The van der Waals surface area contributed by atoms with Crippen LogP contribution in [0, 0.1) is 11.3 Å². The molecule has 0 bridgehead atoms. The summed E-state index contributed by atoms with van der Waals surface area (Å²) in [5, 5.41) is 11.9. The van der Waals surface area contributed by atoms with Crippen molar-refractivity contribution in [2.24, 2.45) is 0 Å². The summed E-state index contributed by atoms with van der Waals surface area (Å²) >= 11 is 5.97. The van der Waals surface area contributed by atoms with E-state index in [1.165, 1.54) is 22.5 Å². The molecule has 0 amide bonds. The van der Waals surface area contributed by atoms with Gasteiger partial charge in [-0.2, -0.15) is 9.57 Å². The zero-order valence-electron chi connectivity index (χ0n) is 10.4. The Labute approximate surface area is 117 Å². The van der Waals surface area contributed by atoms with Crippen LogP contribution in [0.4, 0.5) is 0 Å². The van der Waals surface area contributed by atoms with Crippen LogP contribution in [0.5, 0.6) is 0 Å². The summed E-state index contributed by atoms with van der Waals surface area (Å²) in [5.74, 6) is 0. The summed E-state index contributed by atoms with van der Waals surface area (Å²) in [4.78, 5) is 0.0601. The zero-order valence-corrected chi connectivity index (χ0v) is 12.0. The second-order valence-corrected chi connectivity index (χ2v) is 6.71. The highest BCUT2D eigenvalue weighted by atomic mass is 35.5. The number of nitriles is 1. The van der Waals surface area contributed by atoms with E-state index in [9.17, 15) is 8.42 Å². The van der Waals surface area contributed by atoms with Crippen LogP contribution in [-0.2, 0) is 10.0 Å². The fraction of sp³-hybridized carbons (Fsp3) is 0.417. The molecule has 2 rings (SSSR count). The van der Waals surface area contributed by atoms with E-state index in [2.05, 4.69) is 5.32 Å². The van der Waals surface area contributed by atoms with Crippen molar-refractivity contribution in [1.82, 2.24) is 9.62 Å². The van der Waals surface area contributed by atoms with E-state index < -0.39 is 10.0 Å². The van der Waals surface area contributed by atoms with Gasteiger partial charge in [0, 0.05) is 19.1 Å². The number of rotatable bonds is 3. The third-order valence-corrected chi connectivity index (χ3v) is 5.59. The van der Waals surface area contributed by atoms with Gasteiger partial charge in [-0.3, -0.25) is 0 Å². The molecular weight excluding hydrogens is 286 g/mol. The predicted octanol–water partition coefficient (Wildman–Crippen LogP) is 1.19. The lowest BCUT2D eigenvalue weighted by Crippen LogP contribution is -2.33. The molecule has 1 aliphatic heterocycles. The highest BCUT2D eigenvalue weighted by Gasteiger charge is 2.33. The average molecular weight is 300 g/mol. The number of nitrogens with one attached hydrogen (secondary N) is 1. The molecule has 1 fully saturated rings. The van der Waals surface area contributed by atoms with Gasteiger partial charge in [0.25, 0.3) is 0 Å². The summed E-state index contributed by atoms with van der Waals surface area (Å²) in [7, 11) is -1.77. The molecule has 0 spiro atoms. The molecule has 1 aromatic carbocycles. The normalized spacial score (nSPS) is 20.4. The Morgan fingerprint density at radius 2 is 2.26 bits per heavy atom. The van der Waals surface area contributed by atoms with Gasteiger partial charge in [0.1, 0.15) is 4.90 Å². The Morgan fingerprint density at radius 3 is 2.79 bits per heavy atom. The Hall–Kier alpha value is -1.13. The van der Waals surface area contributed by atoms with E-state index >= 15 is 0 Å². The first-order valence-corrected chi connectivity index (χ1v) is 7.68. The lowest BCUT2D eigenvalue weighted by atomic mass is 10.2. The van der Waals surface area contributed by atoms with E-state index in [1.54, 1.807) is 0 Å². The van der Waals surface area contributed by atoms with Crippen LogP contribution in [0.3, 0.4) is 0 Å². The van der Waals surface area contributed by atoms with Gasteiger partial charge in [0.2, 0.25) is 10.0 Å². The number of benzene rings is 1. The van der Waals surface area contributed by atoms with E-state index in [0.717, 1.165) is 6.42 Å². The summed E-state index contributed by atoms with van der Waals surface area (Å²) in [6, 6.07) is 6.33. The molecule has 1 heterocycles. The lowest BCUT2D eigenvalue weighted by Gasteiger charge is -2.17. The molecule has 0 saturated carbocycles. The molecule has 1 atom stereocenters.